The highest BCUT2D eigenvalue weighted by molar-refractivity contribution is 9.10. The van der Waals surface area contributed by atoms with Gasteiger partial charge in [-0.3, -0.25) is 0 Å². The van der Waals surface area contributed by atoms with Crippen molar-refractivity contribution in [1.82, 2.24) is 0 Å². The van der Waals surface area contributed by atoms with E-state index in [-0.39, 0.29) is 5.75 Å². The third kappa shape index (κ3) is 2.84. The Bertz CT molecular complexity index is 344. The first-order valence-electron chi connectivity index (χ1n) is 4.54. The lowest BCUT2D eigenvalue weighted by atomic mass is 10.1. The van der Waals surface area contributed by atoms with Crippen LogP contribution >= 0.6 is 15.9 Å². The molecule has 84 valence electrons. The lowest BCUT2D eigenvalue weighted by molar-refractivity contribution is 0.165. The number of nitrogens with two attached hydrogens (primary N) is 1. The second kappa shape index (κ2) is 5.34. The number of benzene rings is 1. The van der Waals surface area contributed by atoms with Gasteiger partial charge in [0, 0.05) is 10.0 Å². The first kappa shape index (κ1) is 12.3. The highest BCUT2D eigenvalue weighted by atomic mass is 79.9. The van der Waals surface area contributed by atoms with Gasteiger partial charge in [0.2, 0.25) is 0 Å². The number of phenolic OH excluding ortho intramolecular Hbond substituents is 1. The van der Waals surface area contributed by atoms with E-state index >= 15 is 0 Å². The minimum atomic E-state index is -0.776. The molecule has 0 amide bonds. The van der Waals surface area contributed by atoms with E-state index in [0.29, 0.717) is 24.3 Å². The third-order valence-corrected chi connectivity index (χ3v) is 2.55. The molecule has 0 unspecified atom stereocenters. The summed E-state index contributed by atoms with van der Waals surface area (Å²) in [6.45, 7) is 0.357. The molecule has 0 aliphatic carbocycles. The predicted octanol–water partition coefficient (Wildman–Crippen LogP) is 1.55. The fraction of sp³-hybridized carbons (Fsp3) is 0.400. The average molecular weight is 276 g/mol. The Morgan fingerprint density at radius 2 is 2.20 bits per heavy atom. The van der Waals surface area contributed by atoms with E-state index in [4.69, 9.17) is 10.5 Å². The van der Waals surface area contributed by atoms with Gasteiger partial charge in [-0.25, -0.2) is 0 Å². The SMILES string of the molecule is COc1cc(Br)cc([C@H](O)CCN)c1O. The molecule has 0 fully saturated rings. The first-order valence-corrected chi connectivity index (χ1v) is 5.34. The molecule has 4 nitrogen and oxygen atoms in total. The van der Waals surface area contributed by atoms with Crippen LogP contribution in [0.1, 0.15) is 18.1 Å². The van der Waals surface area contributed by atoms with E-state index < -0.39 is 6.10 Å². The molecule has 15 heavy (non-hydrogen) atoms. The van der Waals surface area contributed by atoms with Crippen molar-refractivity contribution >= 4 is 15.9 Å². The molecule has 0 bridgehead atoms. The summed E-state index contributed by atoms with van der Waals surface area (Å²) >= 11 is 3.27. The quantitative estimate of drug-likeness (QED) is 0.779. The molecule has 0 saturated heterocycles. The summed E-state index contributed by atoms with van der Waals surface area (Å²) in [5, 5.41) is 19.5. The molecule has 4 N–H and O–H groups in total. The van der Waals surface area contributed by atoms with Crippen LogP contribution in [0.25, 0.3) is 0 Å². The second-order valence-electron chi connectivity index (χ2n) is 3.14. The standard InChI is InChI=1S/C10H14BrNO3/c1-15-9-5-6(11)4-7(10(9)14)8(13)2-3-12/h4-5,8,13-14H,2-3,12H2,1H3/t8-/m1/s1. The number of hydrogen-bond acceptors (Lipinski definition) is 4. The van der Waals surface area contributed by atoms with Crippen molar-refractivity contribution in [3.8, 4) is 11.5 Å². The first-order chi connectivity index (χ1) is 7.10. The van der Waals surface area contributed by atoms with Crippen molar-refractivity contribution in [2.24, 2.45) is 5.73 Å². The van der Waals surface area contributed by atoms with Crippen LogP contribution in [-0.2, 0) is 0 Å². The van der Waals surface area contributed by atoms with Crippen LogP contribution in [0.4, 0.5) is 0 Å². The maximum atomic E-state index is 9.76. The van der Waals surface area contributed by atoms with Crippen molar-refractivity contribution < 1.29 is 14.9 Å². The molecule has 0 aliphatic heterocycles. The van der Waals surface area contributed by atoms with Crippen LogP contribution in [-0.4, -0.2) is 23.9 Å². The number of hydrogen-bond donors (Lipinski definition) is 3. The van der Waals surface area contributed by atoms with Crippen molar-refractivity contribution in [2.45, 2.75) is 12.5 Å². The molecule has 0 heterocycles. The van der Waals surface area contributed by atoms with Gasteiger partial charge >= 0.3 is 0 Å². The highest BCUT2D eigenvalue weighted by Crippen LogP contribution is 2.37. The lowest BCUT2D eigenvalue weighted by Crippen LogP contribution is -2.07. The number of ether oxygens (including phenoxy) is 1. The summed E-state index contributed by atoms with van der Waals surface area (Å²) in [5.74, 6) is 0.289. The van der Waals surface area contributed by atoms with Crippen LogP contribution in [0, 0.1) is 0 Å². The number of aliphatic hydroxyl groups is 1. The van der Waals surface area contributed by atoms with Crippen molar-refractivity contribution in [2.75, 3.05) is 13.7 Å². The number of methoxy groups -OCH3 is 1. The molecule has 1 aromatic carbocycles. The maximum absolute atomic E-state index is 9.76. The predicted molar refractivity (Wildman–Crippen MR) is 61.0 cm³/mol. The van der Waals surface area contributed by atoms with Gasteiger partial charge in [0.15, 0.2) is 11.5 Å². The van der Waals surface area contributed by atoms with Crippen molar-refractivity contribution in [1.29, 1.82) is 0 Å². The number of aromatic hydroxyl groups is 1. The Balaban J connectivity index is 3.11. The molecule has 1 atom stereocenters. The van der Waals surface area contributed by atoms with E-state index in [1.54, 1.807) is 12.1 Å². The molecule has 0 spiro atoms. The van der Waals surface area contributed by atoms with Gasteiger partial charge in [0.25, 0.3) is 0 Å². The van der Waals surface area contributed by atoms with Crippen molar-refractivity contribution in [3.05, 3.63) is 22.2 Å². The normalized spacial score (nSPS) is 12.5. The molecule has 1 aromatic rings. The van der Waals surface area contributed by atoms with Crippen LogP contribution in [0.3, 0.4) is 0 Å². The summed E-state index contributed by atoms with van der Waals surface area (Å²) in [6, 6.07) is 3.28. The molecule has 0 aliphatic rings. The summed E-state index contributed by atoms with van der Waals surface area (Å²) in [4.78, 5) is 0. The molecular formula is C10H14BrNO3. The van der Waals surface area contributed by atoms with Gasteiger partial charge in [-0.2, -0.15) is 0 Å². The van der Waals surface area contributed by atoms with Gasteiger partial charge < -0.3 is 20.7 Å². The van der Waals surface area contributed by atoms with Gasteiger partial charge in [0.1, 0.15) is 0 Å². The fourth-order valence-corrected chi connectivity index (χ4v) is 1.77. The minimum Gasteiger partial charge on any atom is -0.504 e. The zero-order valence-corrected chi connectivity index (χ0v) is 9.99. The second-order valence-corrected chi connectivity index (χ2v) is 4.05. The molecular weight excluding hydrogens is 262 g/mol. The summed E-state index contributed by atoms with van der Waals surface area (Å²) in [6.07, 6.45) is -0.380. The summed E-state index contributed by atoms with van der Waals surface area (Å²) < 4.78 is 5.71. The molecule has 1 rings (SSSR count). The number of aliphatic hydroxyl groups excluding tert-OH is 1. The Morgan fingerprint density at radius 1 is 1.53 bits per heavy atom. The van der Waals surface area contributed by atoms with Gasteiger partial charge in [-0.05, 0) is 25.1 Å². The molecule has 5 heteroatoms. The van der Waals surface area contributed by atoms with Crippen LogP contribution < -0.4 is 10.5 Å². The summed E-state index contributed by atoms with van der Waals surface area (Å²) in [7, 11) is 1.46. The number of phenols is 1. The molecule has 0 saturated carbocycles. The van der Waals surface area contributed by atoms with Crippen LogP contribution in [0.5, 0.6) is 11.5 Å². The molecule has 0 aromatic heterocycles. The third-order valence-electron chi connectivity index (χ3n) is 2.09. The monoisotopic (exact) mass is 275 g/mol. The zero-order valence-electron chi connectivity index (χ0n) is 8.40. The maximum Gasteiger partial charge on any atom is 0.163 e. The molecule has 0 radical (unpaired) electrons. The van der Waals surface area contributed by atoms with E-state index in [1.807, 2.05) is 0 Å². The smallest absolute Gasteiger partial charge is 0.163 e. The largest absolute Gasteiger partial charge is 0.504 e. The topological polar surface area (TPSA) is 75.7 Å². The minimum absolute atomic E-state index is 0.0401. The Hall–Kier alpha value is -0.780. The fourth-order valence-electron chi connectivity index (χ4n) is 1.32. The van der Waals surface area contributed by atoms with Crippen LogP contribution in [0.2, 0.25) is 0 Å². The zero-order chi connectivity index (χ0) is 11.4. The highest BCUT2D eigenvalue weighted by Gasteiger charge is 2.16. The Labute approximate surface area is 96.8 Å². The number of rotatable bonds is 4. The van der Waals surface area contributed by atoms with Crippen molar-refractivity contribution in [3.63, 3.8) is 0 Å². The van der Waals surface area contributed by atoms with E-state index in [1.165, 1.54) is 7.11 Å². The average Bonchev–Trinajstić information content (AvgIpc) is 2.21. The summed E-state index contributed by atoms with van der Waals surface area (Å²) in [5.41, 5.74) is 5.76. The van der Waals surface area contributed by atoms with Gasteiger partial charge in [-0.15, -0.1) is 0 Å². The van der Waals surface area contributed by atoms with Gasteiger partial charge in [0.05, 0.1) is 13.2 Å². The number of halogens is 1. The van der Waals surface area contributed by atoms with Crippen LogP contribution in [0.15, 0.2) is 16.6 Å². The Morgan fingerprint density at radius 3 is 2.73 bits per heavy atom. The van der Waals surface area contributed by atoms with Gasteiger partial charge in [-0.1, -0.05) is 15.9 Å². The lowest BCUT2D eigenvalue weighted by Gasteiger charge is -2.14. The van der Waals surface area contributed by atoms with E-state index in [0.717, 1.165) is 4.47 Å². The van der Waals surface area contributed by atoms with E-state index in [9.17, 15) is 10.2 Å². The van der Waals surface area contributed by atoms with E-state index in [2.05, 4.69) is 15.9 Å². The Kier molecular flexibility index (Phi) is 4.38.